The molecule has 0 heterocycles. The highest BCUT2D eigenvalue weighted by molar-refractivity contribution is 5.92. The Hall–Kier alpha value is -3.88. The molecule has 0 fully saturated rings. The zero-order valence-electron chi connectivity index (χ0n) is 19.6. The van der Waals surface area contributed by atoms with Gasteiger partial charge in [0.15, 0.2) is 0 Å². The van der Waals surface area contributed by atoms with Gasteiger partial charge < -0.3 is 25.4 Å². The van der Waals surface area contributed by atoms with Crippen LogP contribution in [0.5, 0.6) is 0 Å². The molecule has 9 nitrogen and oxygen atoms in total. The molecule has 9 heteroatoms. The van der Waals surface area contributed by atoms with Crippen molar-refractivity contribution >= 4 is 23.9 Å². The monoisotopic (exact) mass is 469 g/mol. The molecule has 0 saturated heterocycles. The molecule has 182 valence electrons. The lowest BCUT2D eigenvalue weighted by Crippen LogP contribution is -2.55. The molecule has 1 unspecified atom stereocenters. The van der Waals surface area contributed by atoms with Gasteiger partial charge in [0, 0.05) is 6.42 Å². The van der Waals surface area contributed by atoms with Gasteiger partial charge in [-0.15, -0.1) is 0 Å². The Labute approximate surface area is 199 Å². The number of methoxy groups -OCH3 is 1. The fourth-order valence-electron chi connectivity index (χ4n) is 3.11. The lowest BCUT2D eigenvalue weighted by Gasteiger charge is -2.24. The van der Waals surface area contributed by atoms with E-state index in [2.05, 4.69) is 16.0 Å². The van der Waals surface area contributed by atoms with Crippen molar-refractivity contribution in [1.29, 1.82) is 0 Å². The average molecular weight is 470 g/mol. The third-order valence-corrected chi connectivity index (χ3v) is 4.96. The first-order valence-corrected chi connectivity index (χ1v) is 11.0. The van der Waals surface area contributed by atoms with Crippen molar-refractivity contribution in [3.05, 3.63) is 71.8 Å². The van der Waals surface area contributed by atoms with Gasteiger partial charge in [-0.2, -0.15) is 0 Å². The molecule has 0 aliphatic carbocycles. The number of rotatable bonds is 11. The maximum absolute atomic E-state index is 13.0. The molecule has 0 saturated carbocycles. The van der Waals surface area contributed by atoms with Crippen LogP contribution < -0.4 is 16.0 Å². The summed E-state index contributed by atoms with van der Waals surface area (Å²) in [5, 5.41) is 7.65. The number of amides is 3. The molecule has 2 rings (SSSR count). The molecule has 2 atom stereocenters. The molecule has 0 radical (unpaired) electrons. The minimum atomic E-state index is -0.969. The summed E-state index contributed by atoms with van der Waals surface area (Å²) in [5.74, 6) is -1.90. The van der Waals surface area contributed by atoms with E-state index in [-0.39, 0.29) is 25.5 Å². The number of hydrogen-bond acceptors (Lipinski definition) is 6. The van der Waals surface area contributed by atoms with Crippen molar-refractivity contribution < 1.29 is 28.7 Å². The summed E-state index contributed by atoms with van der Waals surface area (Å²) in [7, 11) is 1.25. The summed E-state index contributed by atoms with van der Waals surface area (Å²) < 4.78 is 9.85. The van der Waals surface area contributed by atoms with E-state index in [0.29, 0.717) is 0 Å². The van der Waals surface area contributed by atoms with E-state index in [9.17, 15) is 19.2 Å². The predicted molar refractivity (Wildman–Crippen MR) is 125 cm³/mol. The number of esters is 1. The van der Waals surface area contributed by atoms with Crippen LogP contribution in [0.3, 0.4) is 0 Å². The van der Waals surface area contributed by atoms with E-state index < -0.39 is 36.0 Å². The number of benzene rings is 2. The van der Waals surface area contributed by atoms with Crippen molar-refractivity contribution in [2.24, 2.45) is 5.92 Å². The van der Waals surface area contributed by atoms with Crippen LogP contribution in [-0.2, 0) is 36.9 Å². The maximum Gasteiger partial charge on any atom is 0.407 e. The van der Waals surface area contributed by atoms with Crippen LogP contribution in [0.2, 0.25) is 0 Å². The van der Waals surface area contributed by atoms with Gasteiger partial charge in [0.05, 0.1) is 7.11 Å². The molecule has 0 spiro atoms. The molecule has 0 aromatic heterocycles. The first-order chi connectivity index (χ1) is 16.3. The Morgan fingerprint density at radius 3 is 2.00 bits per heavy atom. The molecule has 34 heavy (non-hydrogen) atoms. The van der Waals surface area contributed by atoms with Crippen LogP contribution in [0, 0.1) is 5.92 Å². The first-order valence-electron chi connectivity index (χ1n) is 11.0. The second kappa shape index (κ2) is 13.6. The van der Waals surface area contributed by atoms with Crippen molar-refractivity contribution in [3.8, 4) is 0 Å². The molecular formula is C25H31N3O6. The SMILES string of the molecule is COC(=O)[C@@H](NC(=O)C(Cc1ccccc1)NC(=O)CNC(=O)OCc1ccccc1)C(C)C. The van der Waals surface area contributed by atoms with E-state index in [1.165, 1.54) is 7.11 Å². The third kappa shape index (κ3) is 8.93. The number of ether oxygens (including phenoxy) is 2. The Balaban J connectivity index is 1.97. The van der Waals surface area contributed by atoms with E-state index in [4.69, 9.17) is 9.47 Å². The van der Waals surface area contributed by atoms with Gasteiger partial charge in [-0.25, -0.2) is 9.59 Å². The minimum absolute atomic E-state index is 0.0669. The molecule has 3 amide bonds. The Bertz CT molecular complexity index is 950. The molecule has 0 bridgehead atoms. The summed E-state index contributed by atoms with van der Waals surface area (Å²) >= 11 is 0. The highest BCUT2D eigenvalue weighted by atomic mass is 16.5. The van der Waals surface area contributed by atoms with Crippen molar-refractivity contribution in [2.45, 2.75) is 39.0 Å². The van der Waals surface area contributed by atoms with Crippen LogP contribution in [0.4, 0.5) is 4.79 Å². The molecular weight excluding hydrogens is 438 g/mol. The van der Waals surface area contributed by atoms with E-state index in [1.807, 2.05) is 60.7 Å². The van der Waals surface area contributed by atoms with Gasteiger partial charge >= 0.3 is 12.1 Å². The van der Waals surface area contributed by atoms with Crippen molar-refractivity contribution in [3.63, 3.8) is 0 Å². The van der Waals surface area contributed by atoms with Gasteiger partial charge in [0.25, 0.3) is 0 Å². The lowest BCUT2D eigenvalue weighted by atomic mass is 10.0. The van der Waals surface area contributed by atoms with E-state index >= 15 is 0 Å². The average Bonchev–Trinajstić information content (AvgIpc) is 2.84. The zero-order chi connectivity index (χ0) is 24.9. The minimum Gasteiger partial charge on any atom is -0.467 e. The van der Waals surface area contributed by atoms with Crippen LogP contribution in [-0.4, -0.2) is 49.6 Å². The predicted octanol–water partition coefficient (Wildman–Crippen LogP) is 1.95. The Morgan fingerprint density at radius 2 is 1.44 bits per heavy atom. The second-order valence-electron chi connectivity index (χ2n) is 7.98. The zero-order valence-corrected chi connectivity index (χ0v) is 19.6. The fourth-order valence-corrected chi connectivity index (χ4v) is 3.11. The van der Waals surface area contributed by atoms with Gasteiger partial charge in [0.2, 0.25) is 11.8 Å². The topological polar surface area (TPSA) is 123 Å². The van der Waals surface area contributed by atoms with Crippen LogP contribution in [0.25, 0.3) is 0 Å². The molecule has 3 N–H and O–H groups in total. The quantitative estimate of drug-likeness (QED) is 0.433. The number of alkyl carbamates (subject to hydrolysis) is 1. The molecule has 0 aliphatic rings. The molecule has 2 aromatic carbocycles. The standard InChI is InChI=1S/C25H31N3O6/c1-17(2)22(24(31)33-3)28-23(30)20(14-18-10-6-4-7-11-18)27-21(29)15-26-25(32)34-16-19-12-8-5-9-13-19/h4-13,17,20,22H,14-16H2,1-3H3,(H,26,32)(H,27,29)(H,28,30)/t20?,22-/m0/s1. The van der Waals surface area contributed by atoms with Gasteiger partial charge in [-0.05, 0) is 17.0 Å². The number of carbonyl (C=O) groups excluding carboxylic acids is 4. The van der Waals surface area contributed by atoms with Crippen molar-refractivity contribution in [1.82, 2.24) is 16.0 Å². The second-order valence-corrected chi connectivity index (χ2v) is 7.98. The molecule has 2 aromatic rings. The number of nitrogens with one attached hydrogen (secondary N) is 3. The van der Waals surface area contributed by atoms with E-state index in [1.54, 1.807) is 13.8 Å². The fraction of sp³-hybridized carbons (Fsp3) is 0.360. The van der Waals surface area contributed by atoms with Crippen LogP contribution in [0.1, 0.15) is 25.0 Å². The maximum atomic E-state index is 13.0. The highest BCUT2D eigenvalue weighted by Gasteiger charge is 2.29. The van der Waals surface area contributed by atoms with Gasteiger partial charge in [0.1, 0.15) is 25.2 Å². The van der Waals surface area contributed by atoms with Gasteiger partial charge in [-0.1, -0.05) is 74.5 Å². The van der Waals surface area contributed by atoms with Crippen LogP contribution in [0.15, 0.2) is 60.7 Å². The summed E-state index contributed by atoms with van der Waals surface area (Å²) in [5.41, 5.74) is 1.63. The molecule has 0 aliphatic heterocycles. The lowest BCUT2D eigenvalue weighted by molar-refractivity contribution is -0.146. The third-order valence-electron chi connectivity index (χ3n) is 4.96. The normalized spacial score (nSPS) is 12.2. The first kappa shape index (κ1) is 26.4. The van der Waals surface area contributed by atoms with Crippen molar-refractivity contribution in [2.75, 3.05) is 13.7 Å². The summed E-state index contributed by atoms with van der Waals surface area (Å²) in [4.78, 5) is 49.4. The summed E-state index contributed by atoms with van der Waals surface area (Å²) in [6.07, 6.45) is -0.559. The van der Waals surface area contributed by atoms with Crippen LogP contribution >= 0.6 is 0 Å². The number of carbonyl (C=O) groups is 4. The van der Waals surface area contributed by atoms with Gasteiger partial charge in [-0.3, -0.25) is 9.59 Å². The number of hydrogen-bond donors (Lipinski definition) is 3. The largest absolute Gasteiger partial charge is 0.467 e. The van der Waals surface area contributed by atoms with E-state index in [0.717, 1.165) is 11.1 Å². The highest BCUT2D eigenvalue weighted by Crippen LogP contribution is 2.07. The summed E-state index contributed by atoms with van der Waals surface area (Å²) in [6, 6.07) is 16.4. The Morgan fingerprint density at radius 1 is 0.853 bits per heavy atom. The summed E-state index contributed by atoms with van der Waals surface area (Å²) in [6.45, 7) is 3.24. The smallest absolute Gasteiger partial charge is 0.407 e. The Kier molecular flexibility index (Phi) is 10.6.